The lowest BCUT2D eigenvalue weighted by molar-refractivity contribution is 0.289. The Morgan fingerprint density at radius 2 is 2.03 bits per heavy atom. The molecule has 0 saturated carbocycles. The molecule has 0 spiro atoms. The van der Waals surface area contributed by atoms with Crippen LogP contribution in [0.4, 0.5) is 10.3 Å². The van der Waals surface area contributed by atoms with E-state index in [4.69, 9.17) is 11.6 Å². The quantitative estimate of drug-likeness (QED) is 0.642. The molecule has 1 atom stereocenters. The summed E-state index contributed by atoms with van der Waals surface area (Å²) < 4.78 is 18.3. The normalized spacial score (nSPS) is 16.0. The average molecular weight is 449 g/mol. The Morgan fingerprint density at radius 3 is 2.71 bits per heavy atom. The van der Waals surface area contributed by atoms with Crippen LogP contribution in [0, 0.1) is 5.82 Å². The maximum Gasteiger partial charge on any atom is 0.332 e. The van der Waals surface area contributed by atoms with Crippen molar-refractivity contribution in [3.05, 3.63) is 55.4 Å². The van der Waals surface area contributed by atoms with E-state index in [0.717, 1.165) is 10.3 Å². The topological polar surface area (TPSA) is 97.7 Å². The molecule has 3 heterocycles. The number of benzene rings is 1. The molecular weight excluding hydrogens is 427 g/mol. The van der Waals surface area contributed by atoms with Crippen LogP contribution in [0.15, 0.2) is 32.9 Å². The summed E-state index contributed by atoms with van der Waals surface area (Å²) in [5.74, 6) is -0.182. The standard InChI is InChI=1S/C20H22ClFN6O3/c1-11-12(2)28-16-17(23-19(28)27(24-11)8-5-9-29)25(3)20(31)26(18(16)30)10-13-14(21)6-4-7-15(13)22/h4,6-7,12,29H,5,8-10H2,1-3H3/t12-/m1/s1. The molecule has 1 aliphatic rings. The van der Waals surface area contributed by atoms with Crippen molar-refractivity contribution in [1.29, 1.82) is 0 Å². The number of nitrogens with zero attached hydrogens (tertiary/aromatic N) is 6. The summed E-state index contributed by atoms with van der Waals surface area (Å²) in [5.41, 5.74) is 0.0457. The summed E-state index contributed by atoms with van der Waals surface area (Å²) >= 11 is 6.12. The molecule has 0 amide bonds. The van der Waals surface area contributed by atoms with Crippen molar-refractivity contribution in [2.75, 3.05) is 18.2 Å². The third kappa shape index (κ3) is 3.35. The van der Waals surface area contributed by atoms with Crippen molar-refractivity contribution in [1.82, 2.24) is 18.7 Å². The maximum absolute atomic E-state index is 14.3. The molecule has 0 saturated heterocycles. The van der Waals surface area contributed by atoms with Crippen LogP contribution in [0.5, 0.6) is 0 Å². The molecule has 1 aliphatic heterocycles. The molecule has 9 nitrogen and oxygen atoms in total. The molecule has 3 aromatic rings. The van der Waals surface area contributed by atoms with Gasteiger partial charge in [0.15, 0.2) is 11.2 Å². The SMILES string of the molecule is CC1=NN(CCCO)c2nc3c(c(=O)n(Cc4c(F)cccc4Cl)c(=O)n3C)n2[C@@H]1C. The van der Waals surface area contributed by atoms with Crippen molar-refractivity contribution >= 4 is 34.4 Å². The smallest absolute Gasteiger partial charge is 0.332 e. The van der Waals surface area contributed by atoms with Crippen molar-refractivity contribution in [2.24, 2.45) is 12.1 Å². The fourth-order valence-corrected chi connectivity index (χ4v) is 3.96. The Hall–Kier alpha value is -2.98. The highest BCUT2D eigenvalue weighted by Gasteiger charge is 2.30. The third-order valence-electron chi connectivity index (χ3n) is 5.56. The number of aryl methyl sites for hydroxylation is 1. The number of fused-ring (bicyclic) bond motifs is 3. The Morgan fingerprint density at radius 1 is 1.29 bits per heavy atom. The Bertz CT molecular complexity index is 1300. The lowest BCUT2D eigenvalue weighted by Crippen LogP contribution is -2.41. The van der Waals surface area contributed by atoms with Crippen LogP contribution < -0.4 is 16.3 Å². The van der Waals surface area contributed by atoms with Crippen LogP contribution in [0.25, 0.3) is 11.2 Å². The van der Waals surface area contributed by atoms with E-state index < -0.39 is 17.1 Å². The zero-order valence-corrected chi connectivity index (χ0v) is 18.1. The second-order valence-corrected chi connectivity index (χ2v) is 7.91. The first-order valence-corrected chi connectivity index (χ1v) is 10.2. The first kappa shape index (κ1) is 21.3. The van der Waals surface area contributed by atoms with E-state index in [9.17, 15) is 19.1 Å². The van der Waals surface area contributed by atoms with E-state index in [1.807, 2.05) is 13.8 Å². The van der Waals surface area contributed by atoms with Crippen LogP contribution >= 0.6 is 11.6 Å². The number of rotatable bonds is 5. The zero-order valence-electron chi connectivity index (χ0n) is 17.3. The molecule has 31 heavy (non-hydrogen) atoms. The van der Waals surface area contributed by atoms with Gasteiger partial charge in [0.05, 0.1) is 18.3 Å². The largest absolute Gasteiger partial charge is 0.396 e. The van der Waals surface area contributed by atoms with E-state index in [0.29, 0.717) is 18.9 Å². The Kier molecular flexibility index (Phi) is 5.44. The average Bonchev–Trinajstić information content (AvgIpc) is 3.14. The monoisotopic (exact) mass is 448 g/mol. The fourth-order valence-electron chi connectivity index (χ4n) is 3.73. The molecule has 2 aromatic heterocycles. The minimum absolute atomic E-state index is 0.0183. The molecule has 0 fully saturated rings. The molecule has 0 bridgehead atoms. The van der Waals surface area contributed by atoms with Gasteiger partial charge in [0, 0.05) is 30.8 Å². The molecule has 1 N–H and O–H groups in total. The number of aliphatic hydroxyl groups is 1. The molecule has 4 rings (SSSR count). The fraction of sp³-hybridized carbons (Fsp3) is 0.400. The summed E-state index contributed by atoms with van der Waals surface area (Å²) in [7, 11) is 1.51. The number of aliphatic hydroxyl groups excluding tert-OH is 1. The highest BCUT2D eigenvalue weighted by atomic mass is 35.5. The van der Waals surface area contributed by atoms with Gasteiger partial charge in [0.25, 0.3) is 5.56 Å². The minimum Gasteiger partial charge on any atom is -0.396 e. The van der Waals surface area contributed by atoms with Crippen LogP contribution in [0.3, 0.4) is 0 Å². The van der Waals surface area contributed by atoms with Crippen LogP contribution in [0.2, 0.25) is 5.02 Å². The number of hydrogen-bond donors (Lipinski definition) is 1. The number of hydrogen-bond acceptors (Lipinski definition) is 6. The van der Waals surface area contributed by atoms with Crippen molar-refractivity contribution in [3.8, 4) is 0 Å². The number of aromatic nitrogens is 4. The lowest BCUT2D eigenvalue weighted by Gasteiger charge is -2.29. The second-order valence-electron chi connectivity index (χ2n) is 7.50. The Labute approximate surface area is 181 Å². The Balaban J connectivity index is 1.97. The minimum atomic E-state index is -0.625. The third-order valence-corrected chi connectivity index (χ3v) is 5.92. The van der Waals surface area contributed by atoms with E-state index in [1.54, 1.807) is 9.58 Å². The van der Waals surface area contributed by atoms with Crippen molar-refractivity contribution in [2.45, 2.75) is 32.9 Å². The molecule has 1 aromatic carbocycles. The molecule has 0 unspecified atom stereocenters. The van der Waals surface area contributed by atoms with Gasteiger partial charge in [-0.2, -0.15) is 10.1 Å². The lowest BCUT2D eigenvalue weighted by atomic mass is 10.2. The van der Waals surface area contributed by atoms with Gasteiger partial charge in [0.1, 0.15) is 5.82 Å². The van der Waals surface area contributed by atoms with Gasteiger partial charge >= 0.3 is 5.69 Å². The van der Waals surface area contributed by atoms with Gasteiger partial charge in [-0.05, 0) is 32.4 Å². The maximum atomic E-state index is 14.3. The summed E-state index contributed by atoms with van der Waals surface area (Å²) in [6.07, 6.45) is 0.462. The van der Waals surface area contributed by atoms with Gasteiger partial charge < -0.3 is 5.11 Å². The first-order valence-electron chi connectivity index (χ1n) is 9.84. The number of anilines is 1. The molecular formula is C20H22ClFN6O3. The van der Waals surface area contributed by atoms with Gasteiger partial charge in [-0.25, -0.2) is 14.2 Å². The molecule has 0 radical (unpaired) electrons. The first-order chi connectivity index (χ1) is 14.8. The predicted molar refractivity (Wildman–Crippen MR) is 117 cm³/mol. The molecule has 11 heteroatoms. The highest BCUT2D eigenvalue weighted by molar-refractivity contribution is 6.31. The van der Waals surface area contributed by atoms with Crippen molar-refractivity contribution < 1.29 is 9.50 Å². The van der Waals surface area contributed by atoms with E-state index >= 15 is 0 Å². The van der Waals surface area contributed by atoms with Crippen molar-refractivity contribution in [3.63, 3.8) is 0 Å². The summed E-state index contributed by atoms with van der Waals surface area (Å²) in [5, 5.41) is 15.5. The van der Waals surface area contributed by atoms with Gasteiger partial charge in [-0.1, -0.05) is 17.7 Å². The van der Waals surface area contributed by atoms with E-state index in [2.05, 4.69) is 10.1 Å². The summed E-state index contributed by atoms with van der Waals surface area (Å²) in [6, 6.07) is 3.93. The zero-order chi connectivity index (χ0) is 22.4. The molecule has 164 valence electrons. The highest BCUT2D eigenvalue weighted by Crippen LogP contribution is 2.30. The van der Waals surface area contributed by atoms with Crippen LogP contribution in [-0.2, 0) is 13.6 Å². The predicted octanol–water partition coefficient (Wildman–Crippen LogP) is 1.88. The van der Waals surface area contributed by atoms with Crippen LogP contribution in [-0.4, -0.2) is 42.7 Å². The van der Waals surface area contributed by atoms with E-state index in [-0.39, 0.29) is 40.9 Å². The number of halogens is 2. The van der Waals surface area contributed by atoms with Crippen LogP contribution in [0.1, 0.15) is 31.9 Å². The van der Waals surface area contributed by atoms with Gasteiger partial charge in [-0.15, -0.1) is 0 Å². The second kappa shape index (κ2) is 7.93. The van der Waals surface area contributed by atoms with Gasteiger partial charge in [-0.3, -0.25) is 18.5 Å². The molecule has 0 aliphatic carbocycles. The number of imidazole rings is 1. The summed E-state index contributed by atoms with van der Waals surface area (Å²) in [6.45, 7) is 3.80. The van der Waals surface area contributed by atoms with E-state index in [1.165, 1.54) is 29.8 Å². The summed E-state index contributed by atoms with van der Waals surface area (Å²) in [4.78, 5) is 31.0. The van der Waals surface area contributed by atoms with Gasteiger partial charge in [0.2, 0.25) is 5.95 Å². The number of hydrazone groups is 1.